The van der Waals surface area contributed by atoms with Crippen LogP contribution in [0.1, 0.15) is 10.4 Å². The van der Waals surface area contributed by atoms with Crippen molar-refractivity contribution in [2.24, 2.45) is 0 Å². The first kappa shape index (κ1) is 16.0. The second-order valence-corrected chi connectivity index (χ2v) is 6.18. The van der Waals surface area contributed by atoms with Crippen LogP contribution in [0.25, 0.3) is 0 Å². The van der Waals surface area contributed by atoms with Crippen molar-refractivity contribution in [2.45, 2.75) is 0 Å². The van der Waals surface area contributed by atoms with Crippen LogP contribution in [-0.4, -0.2) is 38.9 Å². The number of nitrogens with one attached hydrogen (secondary N) is 1. The number of hydrogen-bond acceptors (Lipinski definition) is 4. The molecule has 0 aliphatic rings. The minimum absolute atomic E-state index is 0.0125. The molecule has 0 saturated heterocycles. The fourth-order valence-electron chi connectivity index (χ4n) is 1.21. The molecule has 0 aliphatic carbocycles. The average Bonchev–Trinajstić information content (AvgIpc) is 2.25. The van der Waals surface area contributed by atoms with E-state index in [0.29, 0.717) is 0 Å². The lowest BCUT2D eigenvalue weighted by atomic mass is 10.2. The number of aromatic carboxylic acids is 1. The number of benzene rings is 1. The van der Waals surface area contributed by atoms with Gasteiger partial charge in [0.1, 0.15) is 6.61 Å². The van der Waals surface area contributed by atoms with Crippen LogP contribution >= 0.6 is 23.2 Å². The summed E-state index contributed by atoms with van der Waals surface area (Å²) >= 11 is 11.7. The van der Waals surface area contributed by atoms with E-state index >= 15 is 0 Å². The van der Waals surface area contributed by atoms with Crippen molar-refractivity contribution in [3.8, 4) is 5.75 Å². The minimum Gasteiger partial charge on any atom is -0.489 e. The zero-order chi connectivity index (χ0) is 14.6. The Labute approximate surface area is 120 Å². The van der Waals surface area contributed by atoms with Crippen molar-refractivity contribution in [3.05, 3.63) is 27.7 Å². The summed E-state index contributed by atoms with van der Waals surface area (Å²) in [5, 5.41) is 8.91. The van der Waals surface area contributed by atoms with E-state index in [-0.39, 0.29) is 34.5 Å². The van der Waals surface area contributed by atoms with Crippen molar-refractivity contribution in [2.75, 3.05) is 19.4 Å². The number of carboxylic acid groups (broad SMARTS) is 1. The normalized spacial score (nSPS) is 11.3. The maximum Gasteiger partial charge on any atom is 0.337 e. The molecule has 9 heteroatoms. The number of sulfonamides is 1. The van der Waals surface area contributed by atoms with E-state index < -0.39 is 16.0 Å². The Hall–Kier alpha value is -1.02. The summed E-state index contributed by atoms with van der Waals surface area (Å²) in [7, 11) is -3.31. The van der Waals surface area contributed by atoms with Crippen LogP contribution in [0.5, 0.6) is 5.75 Å². The molecule has 0 atom stereocenters. The van der Waals surface area contributed by atoms with E-state index in [1.165, 1.54) is 12.1 Å². The molecule has 0 saturated carbocycles. The first-order chi connectivity index (χ1) is 8.72. The van der Waals surface area contributed by atoms with Gasteiger partial charge in [-0.1, -0.05) is 23.2 Å². The molecule has 1 aromatic carbocycles. The van der Waals surface area contributed by atoms with Gasteiger partial charge in [0, 0.05) is 6.54 Å². The zero-order valence-corrected chi connectivity index (χ0v) is 12.1. The fraction of sp³-hybridized carbons (Fsp3) is 0.300. The monoisotopic (exact) mass is 327 g/mol. The summed E-state index contributed by atoms with van der Waals surface area (Å²) in [5.74, 6) is -1.20. The highest BCUT2D eigenvalue weighted by Crippen LogP contribution is 2.35. The Bertz CT molecular complexity index is 588. The molecule has 0 aliphatic heterocycles. The standard InChI is InChI=1S/C10H11Cl2NO5S/c1-19(16,17)13-4-5-18-9-7(11)3-2-6(8(9)12)10(14)15/h2-3,13H,4-5H2,1H3,(H,14,15). The number of carboxylic acids is 1. The Kier molecular flexibility index (Phi) is 5.42. The summed E-state index contributed by atoms with van der Waals surface area (Å²) in [6, 6.07) is 2.60. The molecule has 6 nitrogen and oxygen atoms in total. The van der Waals surface area contributed by atoms with Gasteiger partial charge in [-0.25, -0.2) is 17.9 Å². The minimum atomic E-state index is -3.31. The van der Waals surface area contributed by atoms with Gasteiger partial charge < -0.3 is 9.84 Å². The van der Waals surface area contributed by atoms with Crippen molar-refractivity contribution >= 4 is 39.2 Å². The van der Waals surface area contributed by atoms with E-state index in [0.717, 1.165) is 6.26 Å². The summed E-state index contributed by atoms with van der Waals surface area (Å²) in [6.45, 7) is -0.0155. The first-order valence-corrected chi connectivity index (χ1v) is 7.66. The van der Waals surface area contributed by atoms with Crippen molar-refractivity contribution in [1.82, 2.24) is 4.72 Å². The summed E-state index contributed by atoms with van der Waals surface area (Å²) < 4.78 is 29.1. The second kappa shape index (κ2) is 6.42. The van der Waals surface area contributed by atoms with Crippen molar-refractivity contribution in [1.29, 1.82) is 0 Å². The highest BCUT2D eigenvalue weighted by Gasteiger charge is 2.16. The molecule has 19 heavy (non-hydrogen) atoms. The molecule has 106 valence electrons. The van der Waals surface area contributed by atoms with Crippen molar-refractivity contribution < 1.29 is 23.1 Å². The van der Waals surface area contributed by atoms with Gasteiger partial charge in [0.05, 0.1) is 21.9 Å². The molecule has 0 amide bonds. The molecular weight excluding hydrogens is 317 g/mol. The van der Waals surface area contributed by atoms with Crippen LogP contribution < -0.4 is 9.46 Å². The third-order valence-corrected chi connectivity index (χ3v) is 3.39. The number of halogens is 2. The molecular formula is C10H11Cl2NO5S. The van der Waals surface area contributed by atoms with E-state index in [1.807, 2.05) is 0 Å². The Balaban J connectivity index is 2.78. The highest BCUT2D eigenvalue weighted by atomic mass is 35.5. The van der Waals surface area contributed by atoms with Crippen molar-refractivity contribution in [3.63, 3.8) is 0 Å². The van der Waals surface area contributed by atoms with E-state index in [4.69, 9.17) is 33.0 Å². The lowest BCUT2D eigenvalue weighted by Gasteiger charge is -2.11. The van der Waals surface area contributed by atoms with Gasteiger partial charge in [-0.05, 0) is 12.1 Å². The molecule has 0 bridgehead atoms. The van der Waals surface area contributed by atoms with Crippen LogP contribution in [0.3, 0.4) is 0 Å². The third kappa shape index (κ3) is 4.87. The first-order valence-electron chi connectivity index (χ1n) is 5.01. The molecule has 0 spiro atoms. The Morgan fingerprint density at radius 2 is 2.05 bits per heavy atom. The van der Waals surface area contributed by atoms with Gasteiger partial charge in [-0.2, -0.15) is 0 Å². The van der Waals surface area contributed by atoms with Gasteiger partial charge in [0.2, 0.25) is 10.0 Å². The number of carbonyl (C=O) groups is 1. The SMILES string of the molecule is CS(=O)(=O)NCCOc1c(Cl)ccc(C(=O)O)c1Cl. The van der Waals surface area contributed by atoms with Gasteiger partial charge in [0.15, 0.2) is 5.75 Å². The Morgan fingerprint density at radius 3 is 2.58 bits per heavy atom. The largest absolute Gasteiger partial charge is 0.489 e. The summed E-state index contributed by atoms with van der Waals surface area (Å²) in [4.78, 5) is 10.9. The zero-order valence-electron chi connectivity index (χ0n) is 9.81. The molecule has 0 heterocycles. The molecule has 0 fully saturated rings. The lowest BCUT2D eigenvalue weighted by molar-refractivity contribution is 0.0696. The summed E-state index contributed by atoms with van der Waals surface area (Å²) in [5.41, 5.74) is -0.142. The van der Waals surface area contributed by atoms with Gasteiger partial charge >= 0.3 is 5.97 Å². The van der Waals surface area contributed by atoms with Gasteiger partial charge in [-0.3, -0.25) is 0 Å². The molecule has 0 unspecified atom stereocenters. The number of ether oxygens (including phenoxy) is 1. The van der Waals surface area contributed by atoms with E-state index in [1.54, 1.807) is 0 Å². The van der Waals surface area contributed by atoms with Crippen LogP contribution in [0, 0.1) is 0 Å². The maximum absolute atomic E-state index is 10.9. The third-order valence-electron chi connectivity index (χ3n) is 1.99. The van der Waals surface area contributed by atoms with Crippen LogP contribution in [0.15, 0.2) is 12.1 Å². The second-order valence-electron chi connectivity index (χ2n) is 3.56. The van der Waals surface area contributed by atoms with Crippen LogP contribution in [0.2, 0.25) is 10.0 Å². The molecule has 0 aromatic heterocycles. The fourth-order valence-corrected chi connectivity index (χ4v) is 2.22. The Morgan fingerprint density at radius 1 is 1.42 bits per heavy atom. The smallest absolute Gasteiger partial charge is 0.337 e. The number of rotatable bonds is 6. The highest BCUT2D eigenvalue weighted by molar-refractivity contribution is 7.88. The van der Waals surface area contributed by atoms with E-state index in [2.05, 4.69) is 4.72 Å². The van der Waals surface area contributed by atoms with E-state index in [9.17, 15) is 13.2 Å². The van der Waals surface area contributed by atoms with Gasteiger partial charge in [0.25, 0.3) is 0 Å². The van der Waals surface area contributed by atoms with Gasteiger partial charge in [-0.15, -0.1) is 0 Å². The quantitative estimate of drug-likeness (QED) is 0.774. The van der Waals surface area contributed by atoms with Crippen LogP contribution in [0.4, 0.5) is 0 Å². The lowest BCUT2D eigenvalue weighted by Crippen LogP contribution is -2.27. The summed E-state index contributed by atoms with van der Waals surface area (Å²) in [6.07, 6.45) is 1.01. The number of hydrogen-bond donors (Lipinski definition) is 2. The average molecular weight is 328 g/mol. The molecule has 1 rings (SSSR count). The predicted octanol–water partition coefficient (Wildman–Crippen LogP) is 1.62. The predicted molar refractivity (Wildman–Crippen MR) is 71.8 cm³/mol. The topological polar surface area (TPSA) is 92.7 Å². The van der Waals surface area contributed by atoms with Crippen LogP contribution in [-0.2, 0) is 10.0 Å². The maximum atomic E-state index is 10.9. The molecule has 0 radical (unpaired) electrons. The molecule has 1 aromatic rings. The molecule has 2 N–H and O–H groups in total.